The van der Waals surface area contributed by atoms with Crippen LogP contribution >= 0.6 is 0 Å². The minimum absolute atomic E-state index is 0.231. The lowest BCUT2D eigenvalue weighted by atomic mass is 10.0. The molecule has 0 bridgehead atoms. The summed E-state index contributed by atoms with van der Waals surface area (Å²) in [6, 6.07) is 7.15. The van der Waals surface area contributed by atoms with Crippen LogP contribution in [0.25, 0.3) is 0 Å². The fourth-order valence-electron chi connectivity index (χ4n) is 2.04. The van der Waals surface area contributed by atoms with Crippen LogP contribution in [-0.4, -0.2) is 24.8 Å². The molecule has 0 aliphatic carbocycles. The Labute approximate surface area is 96.4 Å². The summed E-state index contributed by atoms with van der Waals surface area (Å²) >= 11 is 0. The van der Waals surface area contributed by atoms with E-state index in [-0.39, 0.29) is 5.75 Å². The fraction of sp³-hybridized carbons (Fsp3) is 0.538. The topological polar surface area (TPSA) is 41.5 Å². The number of para-hydroxylation sites is 2. The Morgan fingerprint density at radius 1 is 1.25 bits per heavy atom. The summed E-state index contributed by atoms with van der Waals surface area (Å²) in [5.74, 6) is 1.43. The van der Waals surface area contributed by atoms with Crippen LogP contribution in [0, 0.1) is 5.92 Å². The Balaban J connectivity index is 1.84. The summed E-state index contributed by atoms with van der Waals surface area (Å²) in [6.07, 6.45) is 3.59. The predicted octanol–water partition coefficient (Wildman–Crippen LogP) is 2.16. The maximum Gasteiger partial charge on any atom is 0.160 e. The second-order valence-electron chi connectivity index (χ2n) is 4.33. The van der Waals surface area contributed by atoms with Gasteiger partial charge in [-0.25, -0.2) is 0 Å². The Hall–Kier alpha value is -1.22. The molecule has 1 aliphatic heterocycles. The summed E-state index contributed by atoms with van der Waals surface area (Å²) in [7, 11) is 0. The molecule has 1 atom stereocenters. The van der Waals surface area contributed by atoms with Gasteiger partial charge in [0.2, 0.25) is 0 Å². The van der Waals surface area contributed by atoms with Gasteiger partial charge in [0, 0.05) is 0 Å². The molecule has 1 aromatic carbocycles. The van der Waals surface area contributed by atoms with Crippen LogP contribution in [0.3, 0.4) is 0 Å². The van der Waals surface area contributed by atoms with Crippen molar-refractivity contribution in [1.29, 1.82) is 0 Å². The average Bonchev–Trinajstić information content (AvgIpc) is 2.56. The molecular weight excluding hydrogens is 202 g/mol. The van der Waals surface area contributed by atoms with Gasteiger partial charge in [0.1, 0.15) is 0 Å². The normalized spacial score (nSPS) is 21.4. The Morgan fingerprint density at radius 3 is 3.00 bits per heavy atom. The summed E-state index contributed by atoms with van der Waals surface area (Å²) in [4.78, 5) is 0. The van der Waals surface area contributed by atoms with E-state index in [4.69, 9.17) is 4.74 Å². The highest BCUT2D eigenvalue weighted by Crippen LogP contribution is 2.25. The number of phenolic OH excluding ortho intramolecular Hbond substituents is 1. The molecule has 3 heteroatoms. The molecule has 88 valence electrons. The van der Waals surface area contributed by atoms with Gasteiger partial charge in [0.15, 0.2) is 11.5 Å². The van der Waals surface area contributed by atoms with Gasteiger partial charge >= 0.3 is 0 Å². The standard InChI is InChI=1S/C13H19NO2/c15-12-5-1-2-6-13(12)16-10-11-4-3-8-14-9-7-11/h1-2,5-6,11,14-15H,3-4,7-10H2. The first-order chi connectivity index (χ1) is 7.86. The molecule has 1 aliphatic rings. The minimum atomic E-state index is 0.231. The van der Waals surface area contributed by atoms with Crippen LogP contribution in [0.4, 0.5) is 0 Å². The molecule has 1 aromatic rings. The third-order valence-electron chi connectivity index (χ3n) is 3.04. The van der Waals surface area contributed by atoms with E-state index in [2.05, 4.69) is 5.32 Å². The lowest BCUT2D eigenvalue weighted by Crippen LogP contribution is -2.16. The van der Waals surface area contributed by atoms with Gasteiger partial charge in [-0.1, -0.05) is 12.1 Å². The van der Waals surface area contributed by atoms with Crippen molar-refractivity contribution in [2.24, 2.45) is 5.92 Å². The van der Waals surface area contributed by atoms with Gasteiger partial charge in [0.25, 0.3) is 0 Å². The molecule has 0 saturated carbocycles. The number of nitrogens with one attached hydrogen (secondary N) is 1. The second-order valence-corrected chi connectivity index (χ2v) is 4.33. The number of aromatic hydroxyl groups is 1. The first-order valence-electron chi connectivity index (χ1n) is 5.98. The summed E-state index contributed by atoms with van der Waals surface area (Å²) in [5, 5.41) is 12.9. The van der Waals surface area contributed by atoms with Crippen molar-refractivity contribution in [3.05, 3.63) is 24.3 Å². The molecule has 1 unspecified atom stereocenters. The molecule has 1 fully saturated rings. The lowest BCUT2D eigenvalue weighted by molar-refractivity contribution is 0.228. The zero-order valence-electron chi connectivity index (χ0n) is 9.48. The van der Waals surface area contributed by atoms with E-state index >= 15 is 0 Å². The van der Waals surface area contributed by atoms with Crippen molar-refractivity contribution in [2.75, 3.05) is 19.7 Å². The van der Waals surface area contributed by atoms with Crippen LogP contribution in [0.5, 0.6) is 11.5 Å². The van der Waals surface area contributed by atoms with Gasteiger partial charge in [-0.05, 0) is 50.4 Å². The maximum absolute atomic E-state index is 9.56. The third kappa shape index (κ3) is 3.14. The number of hydrogen-bond donors (Lipinski definition) is 2. The highest BCUT2D eigenvalue weighted by Gasteiger charge is 2.13. The third-order valence-corrected chi connectivity index (χ3v) is 3.04. The van der Waals surface area contributed by atoms with Gasteiger partial charge in [-0.15, -0.1) is 0 Å². The quantitative estimate of drug-likeness (QED) is 0.822. The molecule has 16 heavy (non-hydrogen) atoms. The largest absolute Gasteiger partial charge is 0.504 e. The molecule has 0 aromatic heterocycles. The lowest BCUT2D eigenvalue weighted by Gasteiger charge is -2.15. The molecule has 1 saturated heterocycles. The zero-order valence-corrected chi connectivity index (χ0v) is 9.48. The molecule has 2 rings (SSSR count). The molecule has 2 N–H and O–H groups in total. The van der Waals surface area contributed by atoms with Crippen molar-refractivity contribution in [3.8, 4) is 11.5 Å². The summed E-state index contributed by atoms with van der Waals surface area (Å²) < 4.78 is 5.65. The number of benzene rings is 1. The molecule has 1 heterocycles. The number of hydrogen-bond acceptors (Lipinski definition) is 3. The highest BCUT2D eigenvalue weighted by molar-refractivity contribution is 5.37. The molecule has 0 spiro atoms. The Kier molecular flexibility index (Phi) is 4.05. The van der Waals surface area contributed by atoms with Crippen molar-refractivity contribution in [1.82, 2.24) is 5.32 Å². The monoisotopic (exact) mass is 221 g/mol. The summed E-state index contributed by atoms with van der Waals surface area (Å²) in [5.41, 5.74) is 0. The molecule has 0 radical (unpaired) electrons. The second kappa shape index (κ2) is 5.75. The maximum atomic E-state index is 9.56. The highest BCUT2D eigenvalue weighted by atomic mass is 16.5. The predicted molar refractivity (Wildman–Crippen MR) is 63.8 cm³/mol. The van der Waals surface area contributed by atoms with Crippen molar-refractivity contribution < 1.29 is 9.84 Å². The van der Waals surface area contributed by atoms with E-state index in [1.165, 1.54) is 12.8 Å². The fourth-order valence-corrected chi connectivity index (χ4v) is 2.04. The van der Waals surface area contributed by atoms with E-state index in [9.17, 15) is 5.11 Å². The molecule has 0 amide bonds. The van der Waals surface area contributed by atoms with Crippen molar-refractivity contribution in [2.45, 2.75) is 19.3 Å². The van der Waals surface area contributed by atoms with Crippen LogP contribution in [-0.2, 0) is 0 Å². The first-order valence-corrected chi connectivity index (χ1v) is 5.98. The number of rotatable bonds is 3. The number of ether oxygens (including phenoxy) is 1. The molecule has 3 nitrogen and oxygen atoms in total. The van der Waals surface area contributed by atoms with E-state index in [1.54, 1.807) is 12.1 Å². The van der Waals surface area contributed by atoms with E-state index in [0.717, 1.165) is 19.5 Å². The minimum Gasteiger partial charge on any atom is -0.504 e. The van der Waals surface area contributed by atoms with Gasteiger partial charge < -0.3 is 15.2 Å². The van der Waals surface area contributed by atoms with Crippen LogP contribution < -0.4 is 10.1 Å². The Morgan fingerprint density at radius 2 is 2.12 bits per heavy atom. The first kappa shape index (κ1) is 11.3. The van der Waals surface area contributed by atoms with Gasteiger partial charge in [-0.2, -0.15) is 0 Å². The van der Waals surface area contributed by atoms with Crippen molar-refractivity contribution >= 4 is 0 Å². The van der Waals surface area contributed by atoms with Gasteiger partial charge in [0.05, 0.1) is 6.61 Å². The van der Waals surface area contributed by atoms with E-state index < -0.39 is 0 Å². The van der Waals surface area contributed by atoms with Crippen LogP contribution in [0.1, 0.15) is 19.3 Å². The molecular formula is C13H19NO2. The number of phenols is 1. The van der Waals surface area contributed by atoms with E-state index in [1.807, 2.05) is 12.1 Å². The smallest absolute Gasteiger partial charge is 0.160 e. The summed E-state index contributed by atoms with van der Waals surface area (Å²) in [6.45, 7) is 2.90. The Bertz CT molecular complexity index is 319. The van der Waals surface area contributed by atoms with Crippen LogP contribution in [0.15, 0.2) is 24.3 Å². The van der Waals surface area contributed by atoms with E-state index in [0.29, 0.717) is 18.3 Å². The average molecular weight is 221 g/mol. The van der Waals surface area contributed by atoms with Gasteiger partial charge in [-0.3, -0.25) is 0 Å². The van der Waals surface area contributed by atoms with Crippen molar-refractivity contribution in [3.63, 3.8) is 0 Å². The SMILES string of the molecule is Oc1ccccc1OCC1CCCNCC1. The zero-order chi connectivity index (χ0) is 11.2. The van der Waals surface area contributed by atoms with Crippen LogP contribution in [0.2, 0.25) is 0 Å².